The van der Waals surface area contributed by atoms with Crippen LogP contribution in [-0.2, 0) is 9.59 Å². The molecule has 1 aliphatic carbocycles. The summed E-state index contributed by atoms with van der Waals surface area (Å²) >= 11 is 0. The molecule has 1 fully saturated rings. The zero-order valence-corrected chi connectivity index (χ0v) is 9.69. The van der Waals surface area contributed by atoms with Crippen molar-refractivity contribution >= 4 is 11.9 Å². The first-order valence-corrected chi connectivity index (χ1v) is 5.49. The first-order chi connectivity index (χ1) is 7.31. The van der Waals surface area contributed by atoms with Gasteiger partial charge in [-0.3, -0.25) is 9.59 Å². The number of carbonyl (C=O) groups is 2. The number of aliphatic hydroxyl groups is 1. The van der Waals surface area contributed by atoms with Crippen LogP contribution in [0.15, 0.2) is 0 Å². The van der Waals surface area contributed by atoms with E-state index < -0.39 is 11.4 Å². The Kier molecular flexibility index (Phi) is 3.91. The molecule has 1 rings (SSSR count). The molecule has 0 atom stereocenters. The second kappa shape index (κ2) is 4.82. The van der Waals surface area contributed by atoms with Crippen molar-refractivity contribution in [2.75, 3.05) is 6.54 Å². The number of nitrogens with one attached hydrogen (secondary N) is 1. The molecule has 0 heterocycles. The fourth-order valence-electron chi connectivity index (χ4n) is 1.66. The van der Waals surface area contributed by atoms with Crippen LogP contribution in [0.1, 0.15) is 33.1 Å². The Morgan fingerprint density at radius 3 is 2.38 bits per heavy atom. The standard InChI is InChI=1S/C11H19NO4/c1-11(2,10(15)16)5-9(14)12-6-7-3-8(13)4-7/h7-8,13H,3-6H2,1-2H3,(H,12,14)(H,15,16). The lowest BCUT2D eigenvalue weighted by atomic mass is 9.82. The number of hydrogen-bond acceptors (Lipinski definition) is 3. The van der Waals surface area contributed by atoms with Gasteiger partial charge in [0.25, 0.3) is 0 Å². The molecule has 0 unspecified atom stereocenters. The molecular weight excluding hydrogens is 210 g/mol. The molecule has 0 spiro atoms. The fourth-order valence-corrected chi connectivity index (χ4v) is 1.66. The highest BCUT2D eigenvalue weighted by Crippen LogP contribution is 2.26. The third-order valence-corrected chi connectivity index (χ3v) is 2.98. The third kappa shape index (κ3) is 3.48. The van der Waals surface area contributed by atoms with Gasteiger partial charge in [0.15, 0.2) is 0 Å². The predicted octanol–water partition coefficient (Wildman–Crippen LogP) is 0.374. The summed E-state index contributed by atoms with van der Waals surface area (Å²) in [5.74, 6) is -0.873. The Bertz CT molecular complexity index is 282. The molecule has 1 aliphatic rings. The van der Waals surface area contributed by atoms with Crippen molar-refractivity contribution in [3.63, 3.8) is 0 Å². The Labute approximate surface area is 94.8 Å². The summed E-state index contributed by atoms with van der Waals surface area (Å²) in [6.45, 7) is 3.59. The van der Waals surface area contributed by atoms with Crippen LogP contribution < -0.4 is 5.32 Å². The van der Waals surface area contributed by atoms with Crippen LogP contribution in [0, 0.1) is 11.3 Å². The molecular formula is C11H19NO4. The number of carboxylic acid groups (broad SMARTS) is 1. The molecule has 1 amide bonds. The molecule has 16 heavy (non-hydrogen) atoms. The van der Waals surface area contributed by atoms with Gasteiger partial charge in [-0.1, -0.05) is 0 Å². The maximum Gasteiger partial charge on any atom is 0.309 e. The van der Waals surface area contributed by atoms with E-state index >= 15 is 0 Å². The number of amides is 1. The van der Waals surface area contributed by atoms with Gasteiger partial charge in [-0.05, 0) is 32.6 Å². The number of rotatable bonds is 5. The van der Waals surface area contributed by atoms with Crippen LogP contribution >= 0.6 is 0 Å². The summed E-state index contributed by atoms with van der Waals surface area (Å²) in [7, 11) is 0. The maximum absolute atomic E-state index is 11.5. The van der Waals surface area contributed by atoms with E-state index in [2.05, 4.69) is 5.32 Å². The van der Waals surface area contributed by atoms with Crippen molar-refractivity contribution in [3.05, 3.63) is 0 Å². The van der Waals surface area contributed by atoms with Gasteiger partial charge in [-0.25, -0.2) is 0 Å². The number of carboxylic acids is 1. The fraction of sp³-hybridized carbons (Fsp3) is 0.818. The van der Waals surface area contributed by atoms with E-state index in [1.807, 2.05) is 0 Å². The van der Waals surface area contributed by atoms with E-state index in [0.717, 1.165) is 12.8 Å². The summed E-state index contributed by atoms with van der Waals surface area (Å²) in [5, 5.41) is 20.6. The van der Waals surface area contributed by atoms with Crippen molar-refractivity contribution < 1.29 is 19.8 Å². The van der Waals surface area contributed by atoms with E-state index in [4.69, 9.17) is 10.2 Å². The number of carbonyl (C=O) groups excluding carboxylic acids is 1. The zero-order valence-electron chi connectivity index (χ0n) is 9.69. The summed E-state index contributed by atoms with van der Waals surface area (Å²) < 4.78 is 0. The molecule has 0 saturated heterocycles. The largest absolute Gasteiger partial charge is 0.481 e. The van der Waals surface area contributed by atoms with E-state index in [1.165, 1.54) is 13.8 Å². The molecule has 5 heteroatoms. The Hall–Kier alpha value is -1.10. The highest BCUT2D eigenvalue weighted by Gasteiger charge is 2.31. The first kappa shape index (κ1) is 13.0. The number of aliphatic hydroxyl groups excluding tert-OH is 1. The smallest absolute Gasteiger partial charge is 0.309 e. The topological polar surface area (TPSA) is 86.6 Å². The van der Waals surface area contributed by atoms with Gasteiger partial charge in [0.05, 0.1) is 11.5 Å². The van der Waals surface area contributed by atoms with Crippen LogP contribution in [0.25, 0.3) is 0 Å². The van der Waals surface area contributed by atoms with E-state index in [0.29, 0.717) is 12.5 Å². The minimum Gasteiger partial charge on any atom is -0.481 e. The lowest BCUT2D eigenvalue weighted by Crippen LogP contribution is -2.40. The van der Waals surface area contributed by atoms with Crippen molar-refractivity contribution in [2.45, 2.75) is 39.2 Å². The van der Waals surface area contributed by atoms with Gasteiger partial charge in [0.2, 0.25) is 5.91 Å². The molecule has 0 bridgehead atoms. The Morgan fingerprint density at radius 1 is 1.38 bits per heavy atom. The summed E-state index contributed by atoms with van der Waals surface area (Å²) in [4.78, 5) is 22.2. The minimum absolute atomic E-state index is 0.0163. The van der Waals surface area contributed by atoms with Crippen LogP contribution in [0.2, 0.25) is 0 Å². The molecule has 3 N–H and O–H groups in total. The predicted molar refractivity (Wildman–Crippen MR) is 57.8 cm³/mol. The lowest BCUT2D eigenvalue weighted by molar-refractivity contribution is -0.149. The molecule has 0 aromatic carbocycles. The monoisotopic (exact) mass is 229 g/mol. The van der Waals surface area contributed by atoms with E-state index in [9.17, 15) is 9.59 Å². The molecule has 0 aliphatic heterocycles. The Balaban J connectivity index is 2.23. The lowest BCUT2D eigenvalue weighted by Gasteiger charge is -2.31. The van der Waals surface area contributed by atoms with E-state index in [-0.39, 0.29) is 18.4 Å². The molecule has 92 valence electrons. The minimum atomic E-state index is -1.02. The number of aliphatic carboxylic acids is 1. The third-order valence-electron chi connectivity index (χ3n) is 2.98. The highest BCUT2D eigenvalue weighted by atomic mass is 16.4. The number of hydrogen-bond donors (Lipinski definition) is 3. The van der Waals surface area contributed by atoms with Gasteiger partial charge in [0, 0.05) is 13.0 Å². The average molecular weight is 229 g/mol. The second-order valence-corrected chi connectivity index (χ2v) is 5.16. The first-order valence-electron chi connectivity index (χ1n) is 5.49. The van der Waals surface area contributed by atoms with Crippen LogP contribution in [0.4, 0.5) is 0 Å². The van der Waals surface area contributed by atoms with Crippen molar-refractivity contribution in [3.8, 4) is 0 Å². The van der Waals surface area contributed by atoms with Crippen LogP contribution in [-0.4, -0.2) is 34.7 Å². The second-order valence-electron chi connectivity index (χ2n) is 5.16. The SMILES string of the molecule is CC(C)(CC(=O)NCC1CC(O)C1)C(=O)O. The molecule has 0 aromatic rings. The van der Waals surface area contributed by atoms with Crippen LogP contribution in [0.3, 0.4) is 0 Å². The highest BCUT2D eigenvalue weighted by molar-refractivity contribution is 5.84. The van der Waals surface area contributed by atoms with E-state index in [1.54, 1.807) is 0 Å². The van der Waals surface area contributed by atoms with Gasteiger partial charge < -0.3 is 15.5 Å². The van der Waals surface area contributed by atoms with Crippen molar-refractivity contribution in [1.82, 2.24) is 5.32 Å². The summed E-state index contributed by atoms with van der Waals surface area (Å²) in [6, 6.07) is 0. The van der Waals surface area contributed by atoms with Crippen molar-refractivity contribution in [1.29, 1.82) is 0 Å². The van der Waals surface area contributed by atoms with Gasteiger partial charge in [0.1, 0.15) is 0 Å². The van der Waals surface area contributed by atoms with Crippen LogP contribution in [0.5, 0.6) is 0 Å². The quantitative estimate of drug-likeness (QED) is 0.636. The van der Waals surface area contributed by atoms with Gasteiger partial charge >= 0.3 is 5.97 Å². The molecule has 0 aromatic heterocycles. The summed E-state index contributed by atoms with van der Waals surface area (Å²) in [5.41, 5.74) is -1.02. The van der Waals surface area contributed by atoms with Gasteiger partial charge in [-0.2, -0.15) is 0 Å². The maximum atomic E-state index is 11.5. The van der Waals surface area contributed by atoms with Crippen molar-refractivity contribution in [2.24, 2.45) is 11.3 Å². The molecule has 1 saturated carbocycles. The van der Waals surface area contributed by atoms with Gasteiger partial charge in [-0.15, -0.1) is 0 Å². The molecule has 5 nitrogen and oxygen atoms in total. The zero-order chi connectivity index (χ0) is 12.3. The average Bonchev–Trinajstić information content (AvgIpc) is 2.09. The Morgan fingerprint density at radius 2 is 1.94 bits per heavy atom. The summed E-state index contributed by atoms with van der Waals surface area (Å²) in [6.07, 6.45) is 1.21. The normalized spacial score (nSPS) is 24.7. The molecule has 0 radical (unpaired) electrons.